The number of hydrogen-bond donors (Lipinski definition) is 3. The van der Waals surface area contributed by atoms with Gasteiger partial charge in [0.05, 0.1) is 11.8 Å². The molecule has 7 heteroatoms. The highest BCUT2D eigenvalue weighted by Crippen LogP contribution is 2.22. The van der Waals surface area contributed by atoms with Crippen LogP contribution in [-0.4, -0.2) is 47.5 Å². The Bertz CT molecular complexity index is 690. The number of nitrogens with one attached hydrogen (secondary N) is 2. The van der Waals surface area contributed by atoms with Crippen LogP contribution in [0.2, 0.25) is 0 Å². The fourth-order valence-electron chi connectivity index (χ4n) is 3.05. The van der Waals surface area contributed by atoms with Crippen LogP contribution >= 0.6 is 0 Å². The number of carboxylic acid groups (broad SMARTS) is 1. The van der Waals surface area contributed by atoms with Crippen LogP contribution in [0.1, 0.15) is 45.1 Å². The summed E-state index contributed by atoms with van der Waals surface area (Å²) in [5.41, 5.74) is 1.21. The Balaban J connectivity index is 1.96. The molecule has 0 bridgehead atoms. The molecule has 1 aliphatic rings. The lowest BCUT2D eigenvalue weighted by atomic mass is 9.97. The highest BCUT2D eigenvalue weighted by atomic mass is 16.4. The van der Waals surface area contributed by atoms with E-state index >= 15 is 0 Å². The summed E-state index contributed by atoms with van der Waals surface area (Å²) in [6.07, 6.45) is 1.51. The molecule has 7 nitrogen and oxygen atoms in total. The van der Waals surface area contributed by atoms with Crippen molar-refractivity contribution in [3.63, 3.8) is 0 Å². The fraction of sp³-hybridized carbons (Fsp3) is 0.550. The lowest BCUT2D eigenvalue weighted by Gasteiger charge is -2.32. The largest absolute Gasteiger partial charge is 0.481 e. The quantitative estimate of drug-likeness (QED) is 0.712. The minimum atomic E-state index is -0.909. The van der Waals surface area contributed by atoms with E-state index in [4.69, 9.17) is 5.11 Å². The summed E-state index contributed by atoms with van der Waals surface area (Å²) in [6, 6.07) is 6.77. The number of hydrogen-bond acceptors (Lipinski definition) is 3. The molecule has 2 atom stereocenters. The summed E-state index contributed by atoms with van der Waals surface area (Å²) in [5.74, 6) is -1.59. The van der Waals surface area contributed by atoms with Crippen LogP contribution in [0.5, 0.6) is 0 Å². The Hall–Kier alpha value is -2.57. The molecule has 1 saturated heterocycles. The number of piperidine rings is 1. The van der Waals surface area contributed by atoms with Gasteiger partial charge in [0.1, 0.15) is 0 Å². The summed E-state index contributed by atoms with van der Waals surface area (Å²) in [4.78, 5) is 37.7. The molecule has 0 spiro atoms. The Kier molecular flexibility index (Phi) is 7.21. The molecule has 3 N–H and O–H groups in total. The van der Waals surface area contributed by atoms with Crippen molar-refractivity contribution in [3.8, 4) is 0 Å². The van der Waals surface area contributed by atoms with E-state index in [2.05, 4.69) is 10.6 Å². The SMILES string of the molecule is CC(C)CNC(=O)N1CCCC(C(=O)Nc2cccc(C(C)C(=O)O)c2)C1. The third-order valence-corrected chi connectivity index (χ3v) is 4.77. The summed E-state index contributed by atoms with van der Waals surface area (Å²) in [5, 5.41) is 14.9. The fourth-order valence-corrected chi connectivity index (χ4v) is 3.05. The average Bonchev–Trinajstić information content (AvgIpc) is 2.65. The van der Waals surface area contributed by atoms with E-state index in [0.717, 1.165) is 12.8 Å². The molecule has 1 fully saturated rings. The first-order valence-corrected chi connectivity index (χ1v) is 9.44. The molecule has 0 aliphatic carbocycles. The Morgan fingerprint density at radius 2 is 2.00 bits per heavy atom. The number of aliphatic carboxylic acids is 1. The van der Waals surface area contributed by atoms with Crippen LogP contribution in [0.3, 0.4) is 0 Å². The van der Waals surface area contributed by atoms with Gasteiger partial charge in [0.25, 0.3) is 0 Å². The molecule has 0 radical (unpaired) electrons. The van der Waals surface area contributed by atoms with Gasteiger partial charge in [-0.1, -0.05) is 26.0 Å². The minimum Gasteiger partial charge on any atom is -0.481 e. The third kappa shape index (κ3) is 5.98. The first kappa shape index (κ1) is 20.7. The Labute approximate surface area is 160 Å². The number of amides is 3. The number of carbonyl (C=O) groups is 3. The van der Waals surface area contributed by atoms with Gasteiger partial charge in [0.2, 0.25) is 5.91 Å². The number of urea groups is 1. The van der Waals surface area contributed by atoms with E-state index in [0.29, 0.717) is 36.8 Å². The maximum atomic E-state index is 12.6. The Morgan fingerprint density at radius 3 is 2.67 bits per heavy atom. The van der Waals surface area contributed by atoms with Gasteiger partial charge in [-0.05, 0) is 43.4 Å². The molecule has 1 aromatic rings. The second kappa shape index (κ2) is 9.39. The van der Waals surface area contributed by atoms with Crippen molar-refractivity contribution in [1.29, 1.82) is 0 Å². The number of carbonyl (C=O) groups excluding carboxylic acids is 2. The number of carboxylic acids is 1. The molecule has 148 valence electrons. The molecule has 27 heavy (non-hydrogen) atoms. The molecule has 0 aromatic heterocycles. The molecule has 1 aromatic carbocycles. The van der Waals surface area contributed by atoms with Crippen molar-refractivity contribution in [2.75, 3.05) is 25.0 Å². The number of nitrogens with zero attached hydrogens (tertiary/aromatic N) is 1. The number of anilines is 1. The van der Waals surface area contributed by atoms with Crippen molar-refractivity contribution < 1.29 is 19.5 Å². The maximum Gasteiger partial charge on any atom is 0.317 e. The summed E-state index contributed by atoms with van der Waals surface area (Å²) < 4.78 is 0. The second-order valence-corrected chi connectivity index (χ2v) is 7.54. The summed E-state index contributed by atoms with van der Waals surface area (Å²) in [6.45, 7) is 7.33. The van der Waals surface area contributed by atoms with Crippen LogP contribution in [0.4, 0.5) is 10.5 Å². The topological polar surface area (TPSA) is 98.7 Å². The van der Waals surface area contributed by atoms with Gasteiger partial charge in [-0.3, -0.25) is 9.59 Å². The molecule has 1 aliphatic heterocycles. The second-order valence-electron chi connectivity index (χ2n) is 7.54. The van der Waals surface area contributed by atoms with E-state index in [9.17, 15) is 14.4 Å². The van der Waals surface area contributed by atoms with Gasteiger partial charge in [-0.25, -0.2) is 4.79 Å². The Morgan fingerprint density at radius 1 is 1.26 bits per heavy atom. The van der Waals surface area contributed by atoms with E-state index in [-0.39, 0.29) is 17.9 Å². The van der Waals surface area contributed by atoms with E-state index in [1.54, 1.807) is 36.1 Å². The zero-order chi connectivity index (χ0) is 20.0. The van der Waals surface area contributed by atoms with Crippen LogP contribution < -0.4 is 10.6 Å². The molecule has 2 rings (SSSR count). The summed E-state index contributed by atoms with van der Waals surface area (Å²) in [7, 11) is 0. The normalized spacial score (nSPS) is 18.1. The van der Waals surface area contributed by atoms with Crippen molar-refractivity contribution in [1.82, 2.24) is 10.2 Å². The lowest BCUT2D eigenvalue weighted by molar-refractivity contribution is -0.138. The highest BCUT2D eigenvalue weighted by Gasteiger charge is 2.28. The number of likely N-dealkylation sites (tertiary alicyclic amines) is 1. The predicted molar refractivity (Wildman–Crippen MR) is 104 cm³/mol. The standard InChI is InChI=1S/C20H29N3O4/c1-13(2)11-21-20(27)23-9-5-7-16(12-23)18(24)22-17-8-4-6-15(10-17)14(3)19(25)26/h4,6,8,10,13-14,16H,5,7,9,11-12H2,1-3H3,(H,21,27)(H,22,24)(H,25,26). The van der Waals surface area contributed by atoms with Crippen LogP contribution in [0, 0.1) is 11.8 Å². The van der Waals surface area contributed by atoms with Crippen molar-refractivity contribution in [2.24, 2.45) is 11.8 Å². The summed E-state index contributed by atoms with van der Waals surface area (Å²) >= 11 is 0. The van der Waals surface area contributed by atoms with Crippen molar-refractivity contribution >= 4 is 23.6 Å². The maximum absolute atomic E-state index is 12.6. The van der Waals surface area contributed by atoms with E-state index < -0.39 is 11.9 Å². The van der Waals surface area contributed by atoms with Crippen molar-refractivity contribution in [2.45, 2.75) is 39.5 Å². The van der Waals surface area contributed by atoms with Gasteiger partial charge in [-0.15, -0.1) is 0 Å². The average molecular weight is 375 g/mol. The van der Waals surface area contributed by atoms with Crippen molar-refractivity contribution in [3.05, 3.63) is 29.8 Å². The molecular formula is C20H29N3O4. The zero-order valence-corrected chi connectivity index (χ0v) is 16.2. The monoisotopic (exact) mass is 375 g/mol. The van der Waals surface area contributed by atoms with Gasteiger partial charge in [0.15, 0.2) is 0 Å². The third-order valence-electron chi connectivity index (χ3n) is 4.77. The number of benzene rings is 1. The van der Waals surface area contributed by atoms with Gasteiger partial charge in [0, 0.05) is 25.3 Å². The molecule has 2 unspecified atom stereocenters. The van der Waals surface area contributed by atoms with E-state index in [1.165, 1.54) is 0 Å². The van der Waals surface area contributed by atoms with Gasteiger partial charge < -0.3 is 20.6 Å². The smallest absolute Gasteiger partial charge is 0.317 e. The first-order valence-electron chi connectivity index (χ1n) is 9.44. The van der Waals surface area contributed by atoms with Gasteiger partial charge >= 0.3 is 12.0 Å². The van der Waals surface area contributed by atoms with Crippen LogP contribution in [0.15, 0.2) is 24.3 Å². The van der Waals surface area contributed by atoms with Gasteiger partial charge in [-0.2, -0.15) is 0 Å². The van der Waals surface area contributed by atoms with Crippen LogP contribution in [0.25, 0.3) is 0 Å². The van der Waals surface area contributed by atoms with E-state index in [1.807, 2.05) is 13.8 Å². The molecule has 1 heterocycles. The highest BCUT2D eigenvalue weighted by molar-refractivity contribution is 5.93. The first-order chi connectivity index (χ1) is 12.8. The van der Waals surface area contributed by atoms with Crippen LogP contribution in [-0.2, 0) is 9.59 Å². The predicted octanol–water partition coefficient (Wildman–Crippen LogP) is 2.89. The zero-order valence-electron chi connectivity index (χ0n) is 16.2. The number of rotatable bonds is 6. The molecular weight excluding hydrogens is 346 g/mol. The minimum absolute atomic E-state index is 0.126. The molecule has 3 amide bonds. The lowest BCUT2D eigenvalue weighted by Crippen LogP contribution is -2.48. The molecule has 0 saturated carbocycles.